The lowest BCUT2D eigenvalue weighted by atomic mass is 9.84. The number of rotatable bonds is 5. The van der Waals surface area contributed by atoms with Gasteiger partial charge in [-0.05, 0) is 61.3 Å². The van der Waals surface area contributed by atoms with Gasteiger partial charge in [-0.3, -0.25) is 0 Å². The summed E-state index contributed by atoms with van der Waals surface area (Å²) in [6.45, 7) is 18.7. The fourth-order valence-corrected chi connectivity index (χ4v) is 2.76. The van der Waals surface area contributed by atoms with Crippen LogP contribution in [0.3, 0.4) is 0 Å². The summed E-state index contributed by atoms with van der Waals surface area (Å²) in [6.07, 6.45) is 7.15. The predicted molar refractivity (Wildman–Crippen MR) is 104 cm³/mol. The highest BCUT2D eigenvalue weighted by Gasteiger charge is 2.51. The Bertz CT molecular complexity index is 506. The summed E-state index contributed by atoms with van der Waals surface area (Å²) < 4.78 is 23.9. The van der Waals surface area contributed by atoms with E-state index in [4.69, 9.17) is 18.6 Å². The minimum Gasteiger partial charge on any atom is -0.403 e. The monoisotopic (exact) mass is 348 g/mol. The van der Waals surface area contributed by atoms with E-state index in [2.05, 4.69) is 80.5 Å². The molecule has 2 rings (SSSR count). The molecule has 2 fully saturated rings. The van der Waals surface area contributed by atoms with Gasteiger partial charge in [-0.25, -0.2) is 0 Å². The molecule has 2 aliphatic rings. The van der Waals surface area contributed by atoms with E-state index in [0.29, 0.717) is 5.92 Å². The Morgan fingerprint density at radius 3 is 1.64 bits per heavy atom. The minimum atomic E-state index is -0.294. The lowest BCUT2D eigenvalue weighted by Crippen LogP contribution is -2.41. The molecule has 2 saturated heterocycles. The Balaban J connectivity index is 1.81. The van der Waals surface area contributed by atoms with Crippen molar-refractivity contribution in [2.24, 2.45) is 5.92 Å². The van der Waals surface area contributed by atoms with Crippen molar-refractivity contribution in [1.29, 1.82) is 0 Å². The van der Waals surface area contributed by atoms with Gasteiger partial charge in [-0.15, -0.1) is 0 Å². The van der Waals surface area contributed by atoms with Crippen molar-refractivity contribution in [3.8, 4) is 0 Å². The normalized spacial score (nSPS) is 28.4. The molecular weight excluding hydrogens is 314 g/mol. The Kier molecular flexibility index (Phi) is 5.71. The lowest BCUT2D eigenvalue weighted by molar-refractivity contribution is 0.00578. The largest absolute Gasteiger partial charge is 0.486 e. The van der Waals surface area contributed by atoms with Crippen LogP contribution >= 0.6 is 0 Å². The third-order valence-corrected chi connectivity index (χ3v) is 5.91. The summed E-state index contributed by atoms with van der Waals surface area (Å²) in [5.74, 6) is 2.29. The van der Waals surface area contributed by atoms with Crippen LogP contribution in [0.25, 0.3) is 0 Å². The van der Waals surface area contributed by atoms with E-state index in [1.54, 1.807) is 0 Å². The van der Waals surface area contributed by atoms with Gasteiger partial charge in [0.1, 0.15) is 0 Å². The molecule has 0 aliphatic carbocycles. The molecule has 1 unspecified atom stereocenters. The first-order valence-corrected chi connectivity index (χ1v) is 9.32. The first kappa shape index (κ1) is 20.8. The van der Waals surface area contributed by atoms with Gasteiger partial charge in [0.2, 0.25) is 0 Å². The second kappa shape index (κ2) is 6.88. The van der Waals surface area contributed by atoms with Crippen LogP contribution in [-0.2, 0) is 18.6 Å². The third kappa shape index (κ3) is 4.60. The van der Waals surface area contributed by atoms with E-state index in [9.17, 15) is 0 Å². The standard InChI is InChI=1S/C19H34B2O4/c1-15(12-14-21-24-18(6,7)19(8,9)25-21)11-10-13-20-22-16(2,3)17(4,5)23-20/h10-12,14-15H,13H2,1-9H3/b11-10-,14-12+. The Hall–Kier alpha value is -0.550. The first-order chi connectivity index (χ1) is 11.3. The zero-order valence-corrected chi connectivity index (χ0v) is 17.4. The summed E-state index contributed by atoms with van der Waals surface area (Å²) in [6, 6.07) is 0. The molecule has 2 aliphatic heterocycles. The Morgan fingerprint density at radius 1 is 0.720 bits per heavy atom. The highest BCUT2D eigenvalue weighted by Crippen LogP contribution is 2.38. The smallest absolute Gasteiger partial charge is 0.403 e. The second-order valence-electron chi connectivity index (χ2n) is 9.22. The first-order valence-electron chi connectivity index (χ1n) is 9.32. The van der Waals surface area contributed by atoms with E-state index in [1.807, 2.05) is 5.98 Å². The zero-order chi connectivity index (χ0) is 19.1. The third-order valence-electron chi connectivity index (χ3n) is 5.91. The lowest BCUT2D eigenvalue weighted by Gasteiger charge is -2.32. The quantitative estimate of drug-likeness (QED) is 0.543. The van der Waals surface area contributed by atoms with E-state index in [0.717, 1.165) is 6.32 Å². The van der Waals surface area contributed by atoms with Gasteiger partial charge in [-0.2, -0.15) is 0 Å². The fraction of sp³-hybridized carbons (Fsp3) is 0.789. The van der Waals surface area contributed by atoms with Crippen LogP contribution < -0.4 is 0 Å². The van der Waals surface area contributed by atoms with Crippen LogP contribution in [0, 0.1) is 5.92 Å². The van der Waals surface area contributed by atoms with E-state index in [-0.39, 0.29) is 36.6 Å². The van der Waals surface area contributed by atoms with Crippen molar-refractivity contribution in [1.82, 2.24) is 0 Å². The molecule has 0 radical (unpaired) electrons. The summed E-state index contributed by atoms with van der Waals surface area (Å²) >= 11 is 0. The Labute approximate surface area is 154 Å². The number of hydrogen-bond donors (Lipinski definition) is 0. The predicted octanol–water partition coefficient (Wildman–Crippen LogP) is 4.46. The molecule has 6 heteroatoms. The van der Waals surface area contributed by atoms with Gasteiger partial charge in [0.05, 0.1) is 22.4 Å². The minimum absolute atomic E-state index is 0.180. The molecular formula is C19H34B2O4. The van der Waals surface area contributed by atoms with Gasteiger partial charge < -0.3 is 18.6 Å². The molecule has 2 heterocycles. The van der Waals surface area contributed by atoms with Crippen molar-refractivity contribution in [2.75, 3.05) is 0 Å². The van der Waals surface area contributed by atoms with Crippen molar-refractivity contribution in [3.05, 3.63) is 24.2 Å². The molecule has 0 aromatic carbocycles. The molecule has 4 nitrogen and oxygen atoms in total. The van der Waals surface area contributed by atoms with Gasteiger partial charge >= 0.3 is 14.2 Å². The van der Waals surface area contributed by atoms with Crippen LogP contribution in [0.15, 0.2) is 24.2 Å². The van der Waals surface area contributed by atoms with Crippen LogP contribution in [0.5, 0.6) is 0 Å². The van der Waals surface area contributed by atoms with Crippen molar-refractivity contribution >= 4 is 14.2 Å². The zero-order valence-electron chi connectivity index (χ0n) is 17.4. The summed E-state index contributed by atoms with van der Waals surface area (Å²) in [5, 5.41) is 0. The molecule has 0 saturated carbocycles. The van der Waals surface area contributed by atoms with Gasteiger partial charge in [-0.1, -0.05) is 31.1 Å². The van der Waals surface area contributed by atoms with Crippen molar-refractivity contribution in [2.45, 2.75) is 91.0 Å². The summed E-state index contributed by atoms with van der Waals surface area (Å²) in [4.78, 5) is 0. The average molecular weight is 348 g/mol. The summed E-state index contributed by atoms with van der Waals surface area (Å²) in [7, 11) is -0.468. The highest BCUT2D eigenvalue weighted by atomic mass is 16.7. The van der Waals surface area contributed by atoms with Crippen LogP contribution in [0.1, 0.15) is 62.3 Å². The molecule has 25 heavy (non-hydrogen) atoms. The second-order valence-corrected chi connectivity index (χ2v) is 9.22. The molecule has 0 spiro atoms. The molecule has 0 N–H and O–H groups in total. The van der Waals surface area contributed by atoms with Crippen molar-refractivity contribution < 1.29 is 18.6 Å². The van der Waals surface area contributed by atoms with Crippen LogP contribution in [0.4, 0.5) is 0 Å². The fourth-order valence-electron chi connectivity index (χ4n) is 2.76. The SMILES string of the molecule is CC(/C=C\CB1OC(C)(C)C(C)(C)O1)/C=C/B1OC(C)(C)C(C)(C)O1. The average Bonchev–Trinajstić information content (AvgIpc) is 2.75. The highest BCUT2D eigenvalue weighted by molar-refractivity contribution is 6.51. The summed E-state index contributed by atoms with van der Waals surface area (Å²) in [5.41, 5.74) is -1.13. The number of allylic oxidation sites excluding steroid dienone is 3. The maximum Gasteiger partial charge on any atom is 0.486 e. The molecule has 0 aromatic heterocycles. The topological polar surface area (TPSA) is 36.9 Å². The molecule has 0 bridgehead atoms. The van der Waals surface area contributed by atoms with Crippen molar-refractivity contribution in [3.63, 3.8) is 0 Å². The van der Waals surface area contributed by atoms with Crippen LogP contribution in [0.2, 0.25) is 6.32 Å². The molecule has 1 atom stereocenters. The maximum absolute atomic E-state index is 6.00. The molecule has 0 aromatic rings. The molecule has 140 valence electrons. The maximum atomic E-state index is 6.00. The number of hydrogen-bond acceptors (Lipinski definition) is 4. The van der Waals surface area contributed by atoms with Gasteiger partial charge in [0, 0.05) is 6.32 Å². The van der Waals surface area contributed by atoms with E-state index in [1.165, 1.54) is 0 Å². The van der Waals surface area contributed by atoms with Gasteiger partial charge in [0.15, 0.2) is 0 Å². The van der Waals surface area contributed by atoms with Crippen LogP contribution in [-0.4, -0.2) is 36.6 Å². The van der Waals surface area contributed by atoms with E-state index < -0.39 is 0 Å². The van der Waals surface area contributed by atoms with E-state index >= 15 is 0 Å². The molecule has 0 amide bonds. The Morgan fingerprint density at radius 2 is 1.16 bits per heavy atom. The van der Waals surface area contributed by atoms with Gasteiger partial charge in [0.25, 0.3) is 0 Å².